The topological polar surface area (TPSA) is 49.6 Å². The van der Waals surface area contributed by atoms with E-state index in [-0.39, 0.29) is 5.91 Å². The molecule has 2 aromatic rings. The van der Waals surface area contributed by atoms with E-state index < -0.39 is 0 Å². The van der Waals surface area contributed by atoms with Crippen molar-refractivity contribution in [1.29, 1.82) is 0 Å². The number of carbonyl (C=O) groups excluding carboxylic acids is 1. The van der Waals surface area contributed by atoms with Crippen LogP contribution < -0.4 is 5.32 Å². The van der Waals surface area contributed by atoms with Gasteiger partial charge in [-0.3, -0.25) is 4.79 Å². The van der Waals surface area contributed by atoms with Crippen molar-refractivity contribution in [3.8, 4) is 0 Å². The molecule has 5 nitrogen and oxygen atoms in total. The molecular formula is C18H26N4O. The molecule has 3 rings (SSSR count). The van der Waals surface area contributed by atoms with Crippen LogP contribution in [0.4, 0.5) is 0 Å². The van der Waals surface area contributed by atoms with Crippen LogP contribution in [0, 0.1) is 6.92 Å². The third-order valence-electron chi connectivity index (χ3n) is 4.91. The lowest BCUT2D eigenvalue weighted by atomic mass is 9.90. The maximum atomic E-state index is 12.9. The fourth-order valence-electron chi connectivity index (χ4n) is 3.52. The highest BCUT2D eigenvalue weighted by Gasteiger charge is 2.22. The molecule has 1 N–H and O–H groups in total. The zero-order chi connectivity index (χ0) is 16.4. The normalized spacial score (nSPS) is 16.0. The Morgan fingerprint density at radius 3 is 2.70 bits per heavy atom. The van der Waals surface area contributed by atoms with E-state index in [0.717, 1.165) is 55.8 Å². The summed E-state index contributed by atoms with van der Waals surface area (Å²) in [6.07, 6.45) is 4.31. The van der Waals surface area contributed by atoms with Gasteiger partial charge in [0.15, 0.2) is 0 Å². The van der Waals surface area contributed by atoms with Crippen LogP contribution in [0.2, 0.25) is 0 Å². The molecule has 3 heterocycles. The molecule has 2 aromatic heterocycles. The maximum Gasteiger partial charge on any atom is 0.257 e. The van der Waals surface area contributed by atoms with Crippen molar-refractivity contribution >= 4 is 11.4 Å². The second kappa shape index (κ2) is 6.71. The van der Waals surface area contributed by atoms with E-state index in [2.05, 4.69) is 22.5 Å². The molecule has 0 aliphatic carbocycles. The molecule has 0 saturated carbocycles. The van der Waals surface area contributed by atoms with E-state index in [1.165, 1.54) is 5.56 Å². The second-order valence-electron chi connectivity index (χ2n) is 6.25. The summed E-state index contributed by atoms with van der Waals surface area (Å²) in [5.74, 6) is 0.665. The van der Waals surface area contributed by atoms with Crippen LogP contribution in [0.1, 0.15) is 54.2 Å². The molecule has 0 atom stereocenters. The average Bonchev–Trinajstić information content (AvgIpc) is 2.91. The van der Waals surface area contributed by atoms with Crippen molar-refractivity contribution in [3.63, 3.8) is 0 Å². The molecular weight excluding hydrogens is 288 g/mol. The Labute approximate surface area is 137 Å². The number of nitrogens with zero attached hydrogens (tertiary/aromatic N) is 3. The van der Waals surface area contributed by atoms with Gasteiger partial charge in [-0.15, -0.1) is 0 Å². The standard InChI is InChI=1S/C18H26N4O/c1-4-21(5-2)18(23)17-13(3)20-22-11-8-15(12-16(17)22)14-6-9-19-10-7-14/h8,11-12,14,19H,4-7,9-10H2,1-3H3. The summed E-state index contributed by atoms with van der Waals surface area (Å²) in [7, 11) is 0. The van der Waals surface area contributed by atoms with Gasteiger partial charge in [0, 0.05) is 19.3 Å². The number of hydrogen-bond donors (Lipinski definition) is 1. The van der Waals surface area contributed by atoms with Crippen molar-refractivity contribution in [1.82, 2.24) is 19.8 Å². The fraction of sp³-hybridized carbons (Fsp3) is 0.556. The quantitative estimate of drug-likeness (QED) is 0.943. The van der Waals surface area contributed by atoms with Gasteiger partial charge < -0.3 is 10.2 Å². The van der Waals surface area contributed by atoms with Gasteiger partial charge in [0.05, 0.1) is 16.8 Å². The number of fused-ring (bicyclic) bond motifs is 1. The van der Waals surface area contributed by atoms with Gasteiger partial charge >= 0.3 is 0 Å². The van der Waals surface area contributed by atoms with Gasteiger partial charge in [-0.25, -0.2) is 4.52 Å². The Morgan fingerprint density at radius 1 is 1.35 bits per heavy atom. The van der Waals surface area contributed by atoms with Gasteiger partial charge in [0.1, 0.15) is 0 Å². The van der Waals surface area contributed by atoms with Crippen molar-refractivity contribution < 1.29 is 4.79 Å². The van der Waals surface area contributed by atoms with Gasteiger partial charge in [-0.1, -0.05) is 0 Å². The SMILES string of the molecule is CCN(CC)C(=O)c1c(C)nn2ccc(C3CCNCC3)cc12. The summed E-state index contributed by atoms with van der Waals surface area (Å²) < 4.78 is 1.84. The minimum atomic E-state index is 0.0879. The lowest BCUT2D eigenvalue weighted by molar-refractivity contribution is 0.0774. The highest BCUT2D eigenvalue weighted by atomic mass is 16.2. The Hall–Kier alpha value is -1.88. The predicted octanol–water partition coefficient (Wildman–Crippen LogP) is 2.59. The lowest BCUT2D eigenvalue weighted by Gasteiger charge is -2.23. The molecule has 0 radical (unpaired) electrons. The van der Waals surface area contributed by atoms with E-state index in [0.29, 0.717) is 5.92 Å². The number of nitrogens with one attached hydrogen (secondary N) is 1. The molecule has 1 amide bonds. The second-order valence-corrected chi connectivity index (χ2v) is 6.25. The highest BCUT2D eigenvalue weighted by molar-refractivity contribution is 6.02. The molecule has 1 aliphatic heterocycles. The number of amides is 1. The number of aromatic nitrogens is 2. The Balaban J connectivity index is 2.03. The molecule has 5 heteroatoms. The van der Waals surface area contributed by atoms with Crippen LogP contribution in [0.15, 0.2) is 18.3 Å². The first-order valence-corrected chi connectivity index (χ1v) is 8.64. The minimum absolute atomic E-state index is 0.0879. The smallest absolute Gasteiger partial charge is 0.257 e. The first-order valence-electron chi connectivity index (χ1n) is 8.64. The number of hydrogen-bond acceptors (Lipinski definition) is 3. The summed E-state index contributed by atoms with van der Waals surface area (Å²) in [6.45, 7) is 9.54. The average molecular weight is 314 g/mol. The molecule has 124 valence electrons. The largest absolute Gasteiger partial charge is 0.339 e. The van der Waals surface area contributed by atoms with E-state index in [9.17, 15) is 4.79 Å². The summed E-state index contributed by atoms with van der Waals surface area (Å²) in [5.41, 5.74) is 3.83. The zero-order valence-corrected chi connectivity index (χ0v) is 14.3. The highest BCUT2D eigenvalue weighted by Crippen LogP contribution is 2.28. The number of pyridine rings is 1. The molecule has 1 saturated heterocycles. The Morgan fingerprint density at radius 2 is 2.04 bits per heavy atom. The minimum Gasteiger partial charge on any atom is -0.339 e. The number of rotatable bonds is 4. The van der Waals surface area contributed by atoms with Crippen LogP contribution in [-0.2, 0) is 0 Å². The molecule has 0 aromatic carbocycles. The fourth-order valence-corrected chi connectivity index (χ4v) is 3.52. The van der Waals surface area contributed by atoms with Crippen LogP contribution >= 0.6 is 0 Å². The molecule has 0 bridgehead atoms. The molecule has 0 spiro atoms. The van der Waals surface area contributed by atoms with Crippen LogP contribution in [0.5, 0.6) is 0 Å². The van der Waals surface area contributed by atoms with Gasteiger partial charge in [0.2, 0.25) is 0 Å². The monoisotopic (exact) mass is 314 g/mol. The van der Waals surface area contributed by atoms with Gasteiger partial charge in [-0.2, -0.15) is 5.10 Å². The Bertz CT molecular complexity index is 696. The van der Waals surface area contributed by atoms with Gasteiger partial charge in [0.25, 0.3) is 5.91 Å². The van der Waals surface area contributed by atoms with Crippen LogP contribution in [-0.4, -0.2) is 46.6 Å². The zero-order valence-electron chi connectivity index (χ0n) is 14.3. The summed E-state index contributed by atoms with van der Waals surface area (Å²) in [4.78, 5) is 14.7. The van der Waals surface area contributed by atoms with E-state index in [1.54, 1.807) is 0 Å². The van der Waals surface area contributed by atoms with Crippen molar-refractivity contribution in [3.05, 3.63) is 35.2 Å². The summed E-state index contributed by atoms with van der Waals surface area (Å²) in [6, 6.07) is 4.33. The van der Waals surface area contributed by atoms with Gasteiger partial charge in [-0.05, 0) is 70.3 Å². The third-order valence-corrected chi connectivity index (χ3v) is 4.91. The van der Waals surface area contributed by atoms with Crippen molar-refractivity contribution in [2.45, 2.75) is 39.5 Å². The maximum absolute atomic E-state index is 12.9. The number of carbonyl (C=O) groups is 1. The molecule has 23 heavy (non-hydrogen) atoms. The number of piperidine rings is 1. The summed E-state index contributed by atoms with van der Waals surface area (Å²) in [5, 5.41) is 7.94. The molecule has 1 fully saturated rings. The van der Waals surface area contributed by atoms with E-state index in [1.807, 2.05) is 36.4 Å². The first kappa shape index (κ1) is 16.0. The first-order chi connectivity index (χ1) is 11.2. The number of aryl methyl sites for hydroxylation is 1. The van der Waals surface area contributed by atoms with Crippen molar-refractivity contribution in [2.75, 3.05) is 26.2 Å². The lowest BCUT2D eigenvalue weighted by Crippen LogP contribution is -2.30. The Kier molecular flexibility index (Phi) is 4.66. The third kappa shape index (κ3) is 2.98. The van der Waals surface area contributed by atoms with E-state index in [4.69, 9.17) is 0 Å². The van der Waals surface area contributed by atoms with Crippen LogP contribution in [0.3, 0.4) is 0 Å². The van der Waals surface area contributed by atoms with E-state index >= 15 is 0 Å². The van der Waals surface area contributed by atoms with Crippen LogP contribution in [0.25, 0.3) is 5.52 Å². The molecule has 1 aliphatic rings. The summed E-state index contributed by atoms with van der Waals surface area (Å²) >= 11 is 0. The van der Waals surface area contributed by atoms with Crippen molar-refractivity contribution in [2.24, 2.45) is 0 Å². The predicted molar refractivity (Wildman–Crippen MR) is 92.0 cm³/mol. The molecule has 0 unspecified atom stereocenters.